The van der Waals surface area contributed by atoms with Gasteiger partial charge in [0.1, 0.15) is 24.0 Å². The van der Waals surface area contributed by atoms with E-state index in [-0.39, 0.29) is 42.5 Å². The van der Waals surface area contributed by atoms with E-state index < -0.39 is 45.6 Å². The molecule has 12 heteroatoms. The van der Waals surface area contributed by atoms with Gasteiger partial charge in [-0.3, -0.25) is 18.6 Å². The van der Waals surface area contributed by atoms with Crippen LogP contribution in [0.1, 0.15) is 88.0 Å². The van der Waals surface area contributed by atoms with Crippen LogP contribution in [0.5, 0.6) is 5.75 Å². The van der Waals surface area contributed by atoms with Gasteiger partial charge in [0, 0.05) is 31.7 Å². The van der Waals surface area contributed by atoms with Gasteiger partial charge in [0.15, 0.2) is 5.78 Å². The van der Waals surface area contributed by atoms with E-state index in [4.69, 9.17) is 13.7 Å². The lowest BCUT2D eigenvalue weighted by molar-refractivity contribution is -0.159. The van der Waals surface area contributed by atoms with Gasteiger partial charge in [-0.25, -0.2) is 4.79 Å². The smallest absolute Gasteiger partial charge is 0.329 e. The van der Waals surface area contributed by atoms with Gasteiger partial charge in [0.25, 0.3) is 10.1 Å². The van der Waals surface area contributed by atoms with Gasteiger partial charge < -0.3 is 19.7 Å². The van der Waals surface area contributed by atoms with Crippen LogP contribution in [0.15, 0.2) is 114 Å². The quantitative estimate of drug-likeness (QED) is 0.0478. The first-order chi connectivity index (χ1) is 28.7. The first-order valence-electron chi connectivity index (χ1n) is 20.8. The summed E-state index contributed by atoms with van der Waals surface area (Å²) in [4.78, 5) is 57.2. The van der Waals surface area contributed by atoms with Crippen LogP contribution in [0.4, 0.5) is 0 Å². The molecule has 5 rings (SSSR count). The lowest BCUT2D eigenvalue weighted by Crippen LogP contribution is -2.48. The van der Waals surface area contributed by atoms with Gasteiger partial charge in [-0.2, -0.15) is 8.42 Å². The molecule has 0 bridgehead atoms. The topological polar surface area (TPSA) is 145 Å². The van der Waals surface area contributed by atoms with Crippen molar-refractivity contribution in [2.24, 2.45) is 5.92 Å². The van der Waals surface area contributed by atoms with Crippen LogP contribution in [-0.2, 0) is 57.7 Å². The van der Waals surface area contributed by atoms with E-state index in [1.807, 2.05) is 91.9 Å². The molecule has 1 N–H and O–H groups in total. The summed E-state index contributed by atoms with van der Waals surface area (Å²) in [6, 6.07) is 31.5. The average molecular weight is 839 g/mol. The van der Waals surface area contributed by atoms with Gasteiger partial charge in [0.05, 0.1) is 17.5 Å². The Morgan fingerprint density at radius 2 is 1.48 bits per heavy atom. The van der Waals surface area contributed by atoms with Gasteiger partial charge in [0.2, 0.25) is 11.8 Å². The van der Waals surface area contributed by atoms with E-state index in [0.717, 1.165) is 22.3 Å². The summed E-state index contributed by atoms with van der Waals surface area (Å²) in [6.07, 6.45) is 2.70. The highest BCUT2D eigenvalue weighted by atomic mass is 32.2. The van der Waals surface area contributed by atoms with Crippen molar-refractivity contribution >= 4 is 33.7 Å². The minimum atomic E-state index is -3.97. The van der Waals surface area contributed by atoms with E-state index in [2.05, 4.69) is 5.32 Å². The fourth-order valence-corrected chi connectivity index (χ4v) is 8.06. The number of benzene rings is 4. The molecule has 0 aromatic heterocycles. The number of rotatable bonds is 22. The number of hydrogen-bond donors (Lipinski definition) is 1. The molecule has 0 aliphatic carbocycles. The zero-order valence-corrected chi connectivity index (χ0v) is 36.0. The van der Waals surface area contributed by atoms with Gasteiger partial charge in [-0.1, -0.05) is 90.5 Å². The Kier molecular flexibility index (Phi) is 16.6. The third-order valence-electron chi connectivity index (χ3n) is 10.3. The summed E-state index contributed by atoms with van der Waals surface area (Å²) in [5.74, 6) is -1.64. The molecule has 3 atom stereocenters. The highest BCUT2D eigenvalue weighted by Gasteiger charge is 2.36. The van der Waals surface area contributed by atoms with Crippen LogP contribution in [0.25, 0.3) is 0 Å². The van der Waals surface area contributed by atoms with E-state index in [0.29, 0.717) is 57.4 Å². The van der Waals surface area contributed by atoms with E-state index in [1.165, 1.54) is 12.1 Å². The number of unbranched alkanes of at least 4 members (excludes halogenated alkanes) is 1. The van der Waals surface area contributed by atoms with Crippen LogP contribution in [0, 0.1) is 12.8 Å². The number of nitrogens with one attached hydrogen (secondary N) is 1. The molecule has 4 aromatic rings. The zero-order valence-electron chi connectivity index (χ0n) is 35.1. The van der Waals surface area contributed by atoms with E-state index >= 15 is 0 Å². The van der Waals surface area contributed by atoms with Crippen LogP contribution in [0.3, 0.4) is 0 Å². The Bertz CT molecular complexity index is 2140. The van der Waals surface area contributed by atoms with Crippen molar-refractivity contribution in [3.63, 3.8) is 0 Å². The number of aryl methyl sites for hydroxylation is 2. The summed E-state index contributed by atoms with van der Waals surface area (Å²) in [6.45, 7) is 7.77. The fourth-order valence-electron chi connectivity index (χ4n) is 7.12. The molecule has 320 valence electrons. The van der Waals surface area contributed by atoms with Gasteiger partial charge >= 0.3 is 5.97 Å². The van der Waals surface area contributed by atoms with Crippen molar-refractivity contribution in [1.82, 2.24) is 10.2 Å². The number of hydrogen-bond acceptors (Lipinski definition) is 9. The largest absolute Gasteiger partial charge is 0.489 e. The lowest BCUT2D eigenvalue weighted by Gasteiger charge is -2.29. The molecule has 2 amide bonds. The number of nitrogens with zero attached hydrogens (tertiary/aromatic N) is 1. The van der Waals surface area contributed by atoms with Crippen molar-refractivity contribution in [2.75, 3.05) is 13.2 Å². The first kappa shape index (κ1) is 45.7. The first-order valence-corrected chi connectivity index (χ1v) is 22.2. The zero-order chi connectivity index (χ0) is 43.1. The molecule has 0 saturated carbocycles. The van der Waals surface area contributed by atoms with Gasteiger partial charge in [-0.05, 0) is 107 Å². The molecule has 11 nitrogen and oxygen atoms in total. The highest BCUT2D eigenvalue weighted by molar-refractivity contribution is 7.86. The lowest BCUT2D eigenvalue weighted by atomic mass is 9.89. The monoisotopic (exact) mass is 838 g/mol. The molecule has 0 spiro atoms. The molecule has 1 aliphatic heterocycles. The van der Waals surface area contributed by atoms with Crippen LogP contribution < -0.4 is 10.1 Å². The average Bonchev–Trinajstić information content (AvgIpc) is 3.65. The Balaban J connectivity index is 1.30. The molecule has 4 aromatic carbocycles. The van der Waals surface area contributed by atoms with Crippen molar-refractivity contribution in [3.8, 4) is 5.75 Å². The molecule has 0 radical (unpaired) electrons. The van der Waals surface area contributed by atoms with Crippen molar-refractivity contribution in [3.05, 3.63) is 131 Å². The van der Waals surface area contributed by atoms with Crippen molar-refractivity contribution < 1.29 is 41.3 Å². The molecular weight excluding hydrogens is 781 g/mol. The maximum absolute atomic E-state index is 14.5. The molecule has 1 fully saturated rings. The number of likely N-dealkylation sites (tertiary alicyclic amines) is 1. The fraction of sp³-hybridized carbons (Fsp3) is 0.417. The van der Waals surface area contributed by atoms with E-state index in [1.54, 1.807) is 37.8 Å². The van der Waals surface area contributed by atoms with Crippen LogP contribution >= 0.6 is 0 Å². The molecule has 0 unspecified atom stereocenters. The summed E-state index contributed by atoms with van der Waals surface area (Å²) in [7, 11) is -3.97. The minimum absolute atomic E-state index is 0.0563. The predicted octanol–water partition coefficient (Wildman–Crippen LogP) is 7.72. The second kappa shape index (κ2) is 21.8. The second-order valence-corrected chi connectivity index (χ2v) is 18.0. The maximum Gasteiger partial charge on any atom is 0.329 e. The number of amides is 2. The number of esters is 1. The third kappa shape index (κ3) is 14.4. The Labute approximate surface area is 354 Å². The molecule has 1 heterocycles. The Morgan fingerprint density at radius 1 is 0.817 bits per heavy atom. The van der Waals surface area contributed by atoms with Crippen LogP contribution in [0.2, 0.25) is 0 Å². The standard InChI is InChI=1S/C48H58N2O9S/c1-35-23-27-41(28-24-35)60(55,56)58-30-12-11-21-42(47(54)59-48(2,3)4)49-46(53)39(26-25-36-15-7-5-8-16-36)33-44(51)43(50-29-14-22-45(50)52)32-38-19-13-20-40(31-38)57-34-37-17-9-6-10-18-37/h5-10,13,15-20,23-24,27-28,31,39,42-43H,11-12,14,21-22,25-26,29-30,32-34H2,1-4H3,(H,49,53)/t39-,42+,43+/m1/s1. The van der Waals surface area contributed by atoms with Crippen molar-refractivity contribution in [1.29, 1.82) is 0 Å². The van der Waals surface area contributed by atoms with Crippen molar-refractivity contribution in [2.45, 2.75) is 115 Å². The van der Waals surface area contributed by atoms with Crippen LogP contribution in [-0.4, -0.2) is 67.7 Å². The molecule has 1 aliphatic rings. The van der Waals surface area contributed by atoms with Gasteiger partial charge in [-0.15, -0.1) is 0 Å². The summed E-state index contributed by atoms with van der Waals surface area (Å²) in [5, 5.41) is 2.90. The Hall–Kier alpha value is -5.33. The third-order valence-corrected chi connectivity index (χ3v) is 11.6. The number of Topliss-reactive ketones (excluding diaryl/α,β-unsaturated/α-hetero) is 1. The number of ether oxygens (including phenoxy) is 2. The highest BCUT2D eigenvalue weighted by Crippen LogP contribution is 2.25. The minimum Gasteiger partial charge on any atom is -0.489 e. The summed E-state index contributed by atoms with van der Waals surface area (Å²) < 4.78 is 42.5. The second-order valence-electron chi connectivity index (χ2n) is 16.4. The number of carbonyl (C=O) groups is 4. The maximum atomic E-state index is 14.5. The molecule has 1 saturated heterocycles. The number of ketones is 1. The number of carbonyl (C=O) groups excluding carboxylic acids is 4. The SMILES string of the molecule is Cc1ccc(S(=O)(=O)OCCCC[C@H](NC(=O)[C@H](CCc2ccccc2)CC(=O)[C@H](Cc2cccc(OCc3ccccc3)c2)N2CCCC2=O)C(=O)OC(C)(C)C)cc1. The predicted molar refractivity (Wildman–Crippen MR) is 229 cm³/mol. The summed E-state index contributed by atoms with van der Waals surface area (Å²) >= 11 is 0. The molecule has 60 heavy (non-hydrogen) atoms. The normalized spacial score (nSPS) is 14.6. The molecular formula is C48H58N2O9S. The van der Waals surface area contributed by atoms with E-state index in [9.17, 15) is 27.6 Å². The summed E-state index contributed by atoms with van der Waals surface area (Å²) in [5.41, 5.74) is 2.91. The Morgan fingerprint density at radius 3 is 2.13 bits per heavy atom.